The first-order chi connectivity index (χ1) is 11.6. The molecule has 1 atom stereocenters. The standard InChI is InChI=1S/C17H21N5O2/c1-20-14(7-8-19-20)17(24)22-10-9-21(12-15(22)16(18)23)11-13-5-3-2-4-6-13/h2-8,15H,9-12H2,1H3,(H2,18,23). The topological polar surface area (TPSA) is 84.5 Å². The van der Waals surface area contributed by atoms with Crippen molar-refractivity contribution in [1.82, 2.24) is 19.6 Å². The number of carbonyl (C=O) groups excluding carboxylic acids is 2. The van der Waals surface area contributed by atoms with Gasteiger partial charge in [0.1, 0.15) is 11.7 Å². The van der Waals surface area contributed by atoms with Crippen molar-refractivity contribution in [1.29, 1.82) is 0 Å². The second-order valence-corrected chi connectivity index (χ2v) is 5.98. The number of hydrogen-bond acceptors (Lipinski definition) is 4. The lowest BCUT2D eigenvalue weighted by Gasteiger charge is -2.39. The highest BCUT2D eigenvalue weighted by Gasteiger charge is 2.35. The molecule has 0 saturated carbocycles. The lowest BCUT2D eigenvalue weighted by atomic mass is 10.1. The first kappa shape index (κ1) is 16.2. The number of aryl methyl sites for hydroxylation is 1. The summed E-state index contributed by atoms with van der Waals surface area (Å²) in [7, 11) is 1.71. The number of rotatable bonds is 4. The Kier molecular flexibility index (Phi) is 4.61. The molecule has 0 bridgehead atoms. The van der Waals surface area contributed by atoms with Crippen LogP contribution in [0.1, 0.15) is 16.1 Å². The molecule has 2 N–H and O–H groups in total. The molecule has 2 heterocycles. The van der Waals surface area contributed by atoms with Crippen molar-refractivity contribution in [2.45, 2.75) is 12.6 Å². The average molecular weight is 327 g/mol. The molecule has 1 aromatic heterocycles. The van der Waals surface area contributed by atoms with Crippen LogP contribution in [0.2, 0.25) is 0 Å². The number of nitrogens with two attached hydrogens (primary N) is 1. The van der Waals surface area contributed by atoms with E-state index in [-0.39, 0.29) is 5.91 Å². The van der Waals surface area contributed by atoms with Crippen molar-refractivity contribution < 1.29 is 9.59 Å². The Labute approximate surface area is 140 Å². The van der Waals surface area contributed by atoms with Crippen LogP contribution < -0.4 is 5.73 Å². The highest BCUT2D eigenvalue weighted by Crippen LogP contribution is 2.16. The van der Waals surface area contributed by atoms with Crippen LogP contribution in [0.5, 0.6) is 0 Å². The molecule has 3 rings (SSSR count). The normalized spacial score (nSPS) is 18.5. The van der Waals surface area contributed by atoms with Gasteiger partial charge in [0.2, 0.25) is 5.91 Å². The summed E-state index contributed by atoms with van der Waals surface area (Å²) in [6, 6.07) is 11.1. The van der Waals surface area contributed by atoms with E-state index in [9.17, 15) is 9.59 Å². The molecule has 0 spiro atoms. The Hall–Kier alpha value is -2.67. The van der Waals surface area contributed by atoms with E-state index < -0.39 is 11.9 Å². The van der Waals surface area contributed by atoms with E-state index in [1.54, 1.807) is 24.2 Å². The van der Waals surface area contributed by atoms with Crippen molar-refractivity contribution in [3.8, 4) is 0 Å². The smallest absolute Gasteiger partial charge is 0.272 e. The minimum atomic E-state index is -0.634. The van der Waals surface area contributed by atoms with Gasteiger partial charge in [-0.15, -0.1) is 0 Å². The summed E-state index contributed by atoms with van der Waals surface area (Å²) in [5.41, 5.74) is 7.19. The number of nitrogens with zero attached hydrogens (tertiary/aromatic N) is 4. The molecule has 2 amide bonds. The lowest BCUT2D eigenvalue weighted by molar-refractivity contribution is -0.124. The third-order valence-electron chi connectivity index (χ3n) is 4.34. The zero-order chi connectivity index (χ0) is 17.1. The summed E-state index contributed by atoms with van der Waals surface area (Å²) in [5, 5.41) is 4.02. The number of amides is 2. The maximum Gasteiger partial charge on any atom is 0.272 e. The largest absolute Gasteiger partial charge is 0.368 e. The van der Waals surface area contributed by atoms with Gasteiger partial charge < -0.3 is 10.6 Å². The van der Waals surface area contributed by atoms with Crippen LogP contribution in [-0.4, -0.2) is 57.1 Å². The predicted octanol–water partition coefficient (Wildman–Crippen LogP) is 0.232. The SMILES string of the molecule is Cn1nccc1C(=O)N1CCN(Cc2ccccc2)CC1C(N)=O. The Morgan fingerprint density at radius 1 is 1.21 bits per heavy atom. The molecule has 126 valence electrons. The van der Waals surface area contributed by atoms with Crippen molar-refractivity contribution in [2.75, 3.05) is 19.6 Å². The van der Waals surface area contributed by atoms with Gasteiger partial charge in [0, 0.05) is 39.4 Å². The molecule has 0 radical (unpaired) electrons. The second kappa shape index (κ2) is 6.84. The molecule has 24 heavy (non-hydrogen) atoms. The van der Waals surface area contributed by atoms with Gasteiger partial charge in [-0.25, -0.2) is 0 Å². The van der Waals surface area contributed by atoms with Crippen LogP contribution in [0.25, 0.3) is 0 Å². The van der Waals surface area contributed by atoms with Crippen LogP contribution >= 0.6 is 0 Å². The summed E-state index contributed by atoms with van der Waals surface area (Å²) in [5.74, 6) is -0.693. The van der Waals surface area contributed by atoms with E-state index in [1.165, 1.54) is 10.2 Å². The van der Waals surface area contributed by atoms with E-state index in [0.717, 1.165) is 6.54 Å². The first-order valence-corrected chi connectivity index (χ1v) is 7.91. The average Bonchev–Trinajstić information content (AvgIpc) is 3.01. The number of benzene rings is 1. The van der Waals surface area contributed by atoms with Crippen LogP contribution in [-0.2, 0) is 18.4 Å². The van der Waals surface area contributed by atoms with Gasteiger partial charge in [0.05, 0.1) is 0 Å². The Bertz CT molecular complexity index is 728. The molecule has 7 nitrogen and oxygen atoms in total. The fraction of sp³-hybridized carbons (Fsp3) is 0.353. The monoisotopic (exact) mass is 327 g/mol. The van der Waals surface area contributed by atoms with Crippen molar-refractivity contribution in [2.24, 2.45) is 12.8 Å². The van der Waals surface area contributed by atoms with E-state index in [4.69, 9.17) is 5.73 Å². The minimum Gasteiger partial charge on any atom is -0.368 e. The van der Waals surface area contributed by atoms with Crippen molar-refractivity contribution in [3.05, 3.63) is 53.9 Å². The van der Waals surface area contributed by atoms with E-state index in [2.05, 4.69) is 10.00 Å². The van der Waals surface area contributed by atoms with Gasteiger partial charge in [-0.3, -0.25) is 19.2 Å². The highest BCUT2D eigenvalue weighted by atomic mass is 16.2. The number of hydrogen-bond donors (Lipinski definition) is 1. The molecule has 0 aliphatic carbocycles. The summed E-state index contributed by atoms with van der Waals surface area (Å²) >= 11 is 0. The quantitative estimate of drug-likeness (QED) is 0.871. The van der Waals surface area contributed by atoms with Gasteiger partial charge in [0.25, 0.3) is 5.91 Å². The molecule has 1 aliphatic heterocycles. The second-order valence-electron chi connectivity index (χ2n) is 5.98. The van der Waals surface area contributed by atoms with Crippen LogP contribution in [0.4, 0.5) is 0 Å². The minimum absolute atomic E-state index is 0.210. The maximum absolute atomic E-state index is 12.7. The highest BCUT2D eigenvalue weighted by molar-refractivity contribution is 5.96. The van der Waals surface area contributed by atoms with Crippen molar-refractivity contribution in [3.63, 3.8) is 0 Å². The third-order valence-corrected chi connectivity index (χ3v) is 4.34. The zero-order valence-corrected chi connectivity index (χ0v) is 13.6. The first-order valence-electron chi connectivity index (χ1n) is 7.91. The summed E-state index contributed by atoms with van der Waals surface area (Å²) in [4.78, 5) is 28.3. The fourth-order valence-corrected chi connectivity index (χ4v) is 3.04. The van der Waals surface area contributed by atoms with Crippen LogP contribution in [0.15, 0.2) is 42.6 Å². The summed E-state index contributed by atoms with van der Waals surface area (Å²) in [6.45, 7) is 2.33. The number of primary amides is 1. The van der Waals surface area contributed by atoms with Gasteiger partial charge in [-0.05, 0) is 11.6 Å². The van der Waals surface area contributed by atoms with E-state index in [0.29, 0.717) is 25.3 Å². The Morgan fingerprint density at radius 2 is 1.96 bits per heavy atom. The fourth-order valence-electron chi connectivity index (χ4n) is 3.04. The molecule has 7 heteroatoms. The Balaban J connectivity index is 1.73. The third kappa shape index (κ3) is 3.30. The number of piperazine rings is 1. The van der Waals surface area contributed by atoms with Crippen molar-refractivity contribution >= 4 is 11.8 Å². The van der Waals surface area contributed by atoms with Crippen LogP contribution in [0, 0.1) is 0 Å². The van der Waals surface area contributed by atoms with E-state index >= 15 is 0 Å². The lowest BCUT2D eigenvalue weighted by Crippen LogP contribution is -2.59. The molecular formula is C17H21N5O2. The predicted molar refractivity (Wildman–Crippen MR) is 88.9 cm³/mol. The molecule has 1 aromatic carbocycles. The number of aromatic nitrogens is 2. The van der Waals surface area contributed by atoms with Gasteiger partial charge in [-0.1, -0.05) is 30.3 Å². The zero-order valence-electron chi connectivity index (χ0n) is 13.6. The van der Waals surface area contributed by atoms with E-state index in [1.807, 2.05) is 30.3 Å². The molecular weight excluding hydrogens is 306 g/mol. The van der Waals surface area contributed by atoms with Gasteiger partial charge in [0.15, 0.2) is 0 Å². The van der Waals surface area contributed by atoms with Crippen LogP contribution in [0.3, 0.4) is 0 Å². The Morgan fingerprint density at radius 3 is 2.58 bits per heavy atom. The summed E-state index contributed by atoms with van der Waals surface area (Å²) < 4.78 is 1.51. The van der Waals surface area contributed by atoms with Gasteiger partial charge >= 0.3 is 0 Å². The molecule has 1 fully saturated rings. The number of carbonyl (C=O) groups is 2. The van der Waals surface area contributed by atoms with Gasteiger partial charge in [-0.2, -0.15) is 5.10 Å². The molecule has 1 saturated heterocycles. The molecule has 1 unspecified atom stereocenters. The molecule has 2 aromatic rings. The maximum atomic E-state index is 12.7. The summed E-state index contributed by atoms with van der Waals surface area (Å²) in [6.07, 6.45) is 1.57. The molecule has 1 aliphatic rings.